The molecule has 0 spiro atoms. The number of hydrogen-bond donors (Lipinski definition) is 2. The minimum absolute atomic E-state index is 0.130. The number of sulfonamides is 1. The number of rotatable bonds is 8. The number of halogens is 2. The second-order valence-corrected chi connectivity index (χ2v) is 8.61. The summed E-state index contributed by atoms with van der Waals surface area (Å²) in [5.41, 5.74) is 0.738. The van der Waals surface area contributed by atoms with Gasteiger partial charge < -0.3 is 10.1 Å². The first-order valence-electron chi connectivity index (χ1n) is 8.13. The van der Waals surface area contributed by atoms with Gasteiger partial charge in [-0.1, -0.05) is 29.3 Å². The molecule has 0 aromatic heterocycles. The van der Waals surface area contributed by atoms with E-state index in [1.54, 1.807) is 32.0 Å². The molecule has 0 unspecified atom stereocenters. The first kappa shape index (κ1) is 21.5. The van der Waals surface area contributed by atoms with Crippen LogP contribution in [0, 0.1) is 0 Å². The molecule has 0 bridgehead atoms. The van der Waals surface area contributed by atoms with Gasteiger partial charge in [-0.15, -0.1) is 0 Å². The highest BCUT2D eigenvalue weighted by Crippen LogP contribution is 2.20. The zero-order valence-corrected chi connectivity index (χ0v) is 17.2. The first-order chi connectivity index (χ1) is 12.7. The highest BCUT2D eigenvalue weighted by molar-refractivity contribution is 7.89. The third-order valence-electron chi connectivity index (χ3n) is 3.39. The molecule has 2 N–H and O–H groups in total. The smallest absolute Gasteiger partial charge is 0.258 e. The summed E-state index contributed by atoms with van der Waals surface area (Å²) in [5.74, 6) is 0.0531. The molecule has 146 valence electrons. The standard InChI is InChI=1S/C18H20Cl2N2O4S/c1-12(2)22-27(24,25)16-7-5-15(6-8-16)26-11-18(23)21-10-13-3-4-14(19)9-17(13)20/h3-9,12,22H,10-11H2,1-2H3,(H,21,23). The van der Waals surface area contributed by atoms with Gasteiger partial charge in [0.05, 0.1) is 4.90 Å². The van der Waals surface area contributed by atoms with Crippen LogP contribution in [-0.4, -0.2) is 27.0 Å². The lowest BCUT2D eigenvalue weighted by molar-refractivity contribution is -0.123. The number of amides is 1. The Morgan fingerprint density at radius 1 is 1.11 bits per heavy atom. The average molecular weight is 431 g/mol. The monoisotopic (exact) mass is 430 g/mol. The molecule has 0 aliphatic carbocycles. The van der Waals surface area contributed by atoms with E-state index in [1.807, 2.05) is 0 Å². The van der Waals surface area contributed by atoms with Gasteiger partial charge in [-0.3, -0.25) is 4.79 Å². The summed E-state index contributed by atoms with van der Waals surface area (Å²) in [6.07, 6.45) is 0. The Labute approximate surface area is 168 Å². The lowest BCUT2D eigenvalue weighted by atomic mass is 10.2. The Hall–Kier alpha value is -1.80. The number of carbonyl (C=O) groups excluding carboxylic acids is 1. The average Bonchev–Trinajstić information content (AvgIpc) is 2.58. The van der Waals surface area contributed by atoms with E-state index >= 15 is 0 Å². The van der Waals surface area contributed by atoms with Crippen LogP contribution in [0.15, 0.2) is 47.4 Å². The Kier molecular flexibility index (Phi) is 7.49. The highest BCUT2D eigenvalue weighted by atomic mass is 35.5. The Morgan fingerprint density at radius 2 is 1.78 bits per heavy atom. The van der Waals surface area contributed by atoms with Crippen molar-refractivity contribution in [2.24, 2.45) is 0 Å². The third-order valence-corrected chi connectivity index (χ3v) is 5.65. The van der Waals surface area contributed by atoms with Crippen LogP contribution in [0.5, 0.6) is 5.75 Å². The molecule has 9 heteroatoms. The summed E-state index contributed by atoms with van der Waals surface area (Å²) in [7, 11) is -3.56. The van der Waals surface area contributed by atoms with Gasteiger partial charge in [0.1, 0.15) is 5.75 Å². The van der Waals surface area contributed by atoms with Gasteiger partial charge in [0.25, 0.3) is 5.91 Å². The Morgan fingerprint density at radius 3 is 2.37 bits per heavy atom. The zero-order valence-electron chi connectivity index (χ0n) is 14.8. The molecule has 0 atom stereocenters. The van der Waals surface area contributed by atoms with E-state index in [4.69, 9.17) is 27.9 Å². The number of carbonyl (C=O) groups is 1. The predicted octanol–water partition coefficient (Wildman–Crippen LogP) is 3.38. The molecule has 6 nitrogen and oxygen atoms in total. The van der Waals surface area contributed by atoms with Crippen LogP contribution in [0.1, 0.15) is 19.4 Å². The van der Waals surface area contributed by atoms with Crippen molar-refractivity contribution >= 4 is 39.1 Å². The summed E-state index contributed by atoms with van der Waals surface area (Å²) in [6, 6.07) is 10.7. The third kappa shape index (κ3) is 6.70. The van der Waals surface area contributed by atoms with Gasteiger partial charge in [-0.25, -0.2) is 13.1 Å². The van der Waals surface area contributed by atoms with Crippen LogP contribution < -0.4 is 14.8 Å². The molecule has 0 saturated carbocycles. The van der Waals surface area contributed by atoms with Crippen LogP contribution >= 0.6 is 23.2 Å². The summed E-state index contributed by atoms with van der Waals surface area (Å²) in [5, 5.41) is 3.68. The largest absolute Gasteiger partial charge is 0.484 e. The normalized spacial score (nSPS) is 11.4. The number of nitrogens with one attached hydrogen (secondary N) is 2. The molecular formula is C18H20Cl2N2O4S. The van der Waals surface area contributed by atoms with Gasteiger partial charge in [0.2, 0.25) is 10.0 Å². The summed E-state index contributed by atoms with van der Waals surface area (Å²) in [6.45, 7) is 3.52. The Balaban J connectivity index is 1.86. The number of hydrogen-bond acceptors (Lipinski definition) is 4. The molecular weight excluding hydrogens is 411 g/mol. The van der Waals surface area contributed by atoms with Gasteiger partial charge in [-0.05, 0) is 55.8 Å². The van der Waals surface area contributed by atoms with E-state index in [9.17, 15) is 13.2 Å². The van der Waals surface area contributed by atoms with Gasteiger partial charge in [0, 0.05) is 22.6 Å². The second-order valence-electron chi connectivity index (χ2n) is 6.05. The molecule has 2 rings (SSSR count). The van der Waals surface area contributed by atoms with Crippen molar-refractivity contribution in [2.45, 2.75) is 31.3 Å². The molecule has 0 saturated heterocycles. The molecule has 0 aliphatic heterocycles. The van der Waals surface area contributed by atoms with E-state index in [1.165, 1.54) is 24.3 Å². The molecule has 0 radical (unpaired) electrons. The van der Waals surface area contributed by atoms with Crippen LogP contribution in [0.4, 0.5) is 0 Å². The maximum absolute atomic E-state index is 12.1. The molecule has 0 aliphatic rings. The SMILES string of the molecule is CC(C)NS(=O)(=O)c1ccc(OCC(=O)NCc2ccc(Cl)cc2Cl)cc1. The molecule has 0 heterocycles. The predicted molar refractivity (Wildman–Crippen MR) is 106 cm³/mol. The van der Waals surface area contributed by atoms with E-state index in [-0.39, 0.29) is 30.0 Å². The van der Waals surface area contributed by atoms with Crippen molar-refractivity contribution in [1.29, 1.82) is 0 Å². The van der Waals surface area contributed by atoms with Crippen molar-refractivity contribution in [3.05, 3.63) is 58.1 Å². The van der Waals surface area contributed by atoms with Gasteiger partial charge in [-0.2, -0.15) is 0 Å². The van der Waals surface area contributed by atoms with Crippen molar-refractivity contribution in [3.63, 3.8) is 0 Å². The minimum atomic E-state index is -3.56. The Bertz CT molecular complexity index is 900. The summed E-state index contributed by atoms with van der Waals surface area (Å²) in [4.78, 5) is 12.0. The lowest BCUT2D eigenvalue weighted by Gasteiger charge is -2.11. The fourth-order valence-corrected chi connectivity index (χ4v) is 3.88. The van der Waals surface area contributed by atoms with Crippen molar-refractivity contribution in [3.8, 4) is 5.75 Å². The van der Waals surface area contributed by atoms with Gasteiger partial charge >= 0.3 is 0 Å². The maximum Gasteiger partial charge on any atom is 0.258 e. The molecule has 2 aromatic carbocycles. The zero-order chi connectivity index (χ0) is 20.0. The van der Waals surface area contributed by atoms with Crippen LogP contribution in [-0.2, 0) is 21.4 Å². The van der Waals surface area contributed by atoms with E-state index in [0.717, 1.165) is 5.56 Å². The molecule has 27 heavy (non-hydrogen) atoms. The van der Waals surface area contributed by atoms with Crippen LogP contribution in [0.25, 0.3) is 0 Å². The number of benzene rings is 2. The van der Waals surface area contributed by atoms with Crippen molar-refractivity contribution < 1.29 is 17.9 Å². The fraction of sp³-hybridized carbons (Fsp3) is 0.278. The fourth-order valence-electron chi connectivity index (χ4n) is 2.15. The van der Waals surface area contributed by atoms with E-state index in [0.29, 0.717) is 15.8 Å². The van der Waals surface area contributed by atoms with E-state index < -0.39 is 10.0 Å². The van der Waals surface area contributed by atoms with E-state index in [2.05, 4.69) is 10.0 Å². The van der Waals surface area contributed by atoms with Crippen molar-refractivity contribution in [2.75, 3.05) is 6.61 Å². The lowest BCUT2D eigenvalue weighted by Crippen LogP contribution is -2.30. The topological polar surface area (TPSA) is 84.5 Å². The molecule has 1 amide bonds. The summed E-state index contributed by atoms with van der Waals surface area (Å²) < 4.78 is 32.0. The minimum Gasteiger partial charge on any atom is -0.484 e. The van der Waals surface area contributed by atoms with Crippen LogP contribution in [0.3, 0.4) is 0 Å². The second kappa shape index (κ2) is 9.41. The van der Waals surface area contributed by atoms with Gasteiger partial charge in [0.15, 0.2) is 6.61 Å². The maximum atomic E-state index is 12.1. The van der Waals surface area contributed by atoms with Crippen molar-refractivity contribution in [1.82, 2.24) is 10.0 Å². The highest BCUT2D eigenvalue weighted by Gasteiger charge is 2.15. The number of ether oxygens (including phenoxy) is 1. The molecule has 2 aromatic rings. The summed E-state index contributed by atoms with van der Waals surface area (Å²) >= 11 is 11.9. The molecule has 0 fully saturated rings. The first-order valence-corrected chi connectivity index (χ1v) is 10.4. The van der Waals surface area contributed by atoms with Crippen LogP contribution in [0.2, 0.25) is 10.0 Å². The quantitative estimate of drug-likeness (QED) is 0.671.